The van der Waals surface area contributed by atoms with E-state index in [9.17, 15) is 18.6 Å². The summed E-state index contributed by atoms with van der Waals surface area (Å²) in [5, 5.41) is 11.6. The van der Waals surface area contributed by atoms with Crippen molar-refractivity contribution in [3.8, 4) is 0 Å². The van der Waals surface area contributed by atoms with Crippen LogP contribution in [-0.4, -0.2) is 62.3 Å². The highest BCUT2D eigenvalue weighted by molar-refractivity contribution is 7.75. The number of hydrogen-bond donors (Lipinski definition) is 2. The second-order valence-electron chi connectivity index (χ2n) is 7.20. The SMILES string of the molecule is CC(C)C[C@H](NC(=O)[C@H]1OS(=O)O[C@@H]1C(=O)O)C(=O)N(C(C)C)C(C)C. The normalized spacial score (nSPS) is 24.1. The second kappa shape index (κ2) is 9.43. The number of carbonyl (C=O) groups is 3. The largest absolute Gasteiger partial charge is 0.479 e. The van der Waals surface area contributed by atoms with Crippen LogP contribution >= 0.6 is 0 Å². The van der Waals surface area contributed by atoms with Gasteiger partial charge in [-0.1, -0.05) is 13.8 Å². The zero-order valence-corrected chi connectivity index (χ0v) is 16.7. The molecule has 1 fully saturated rings. The standard InChI is InChI=1S/C16H28N2O7S/c1-8(2)7-11(15(20)18(9(3)4)10(5)6)17-14(19)12-13(16(21)22)25-26(23)24-12/h8-13H,7H2,1-6H3,(H,17,19)(H,21,22)/t11-,12-,13-,26?/m0/s1. The molecular formula is C16H28N2O7S. The van der Waals surface area contributed by atoms with Gasteiger partial charge < -0.3 is 15.3 Å². The molecule has 150 valence electrons. The molecule has 9 nitrogen and oxygen atoms in total. The molecule has 0 aromatic carbocycles. The van der Waals surface area contributed by atoms with Crippen LogP contribution in [0.5, 0.6) is 0 Å². The first-order chi connectivity index (χ1) is 12.0. The fraction of sp³-hybridized carbons (Fsp3) is 0.812. The van der Waals surface area contributed by atoms with Gasteiger partial charge in [0.15, 0.2) is 6.10 Å². The Hall–Kier alpha value is -1.52. The third-order valence-corrected chi connectivity index (χ3v) is 4.56. The molecule has 0 aliphatic carbocycles. The van der Waals surface area contributed by atoms with Gasteiger partial charge in [-0.25, -0.2) is 8.98 Å². The molecule has 1 aliphatic rings. The first-order valence-electron chi connectivity index (χ1n) is 8.57. The van der Waals surface area contributed by atoms with Crippen LogP contribution in [-0.2, 0) is 34.1 Å². The quantitative estimate of drug-likeness (QED) is 0.620. The summed E-state index contributed by atoms with van der Waals surface area (Å²) < 4.78 is 20.7. The van der Waals surface area contributed by atoms with E-state index in [-0.39, 0.29) is 23.9 Å². The summed E-state index contributed by atoms with van der Waals surface area (Å²) in [5.41, 5.74) is 0. The van der Waals surface area contributed by atoms with E-state index in [0.29, 0.717) is 6.42 Å². The Kier molecular flexibility index (Phi) is 8.16. The molecule has 2 N–H and O–H groups in total. The van der Waals surface area contributed by atoms with E-state index in [1.54, 1.807) is 4.90 Å². The molecule has 26 heavy (non-hydrogen) atoms. The lowest BCUT2D eigenvalue weighted by atomic mass is 10.0. The molecule has 2 amide bonds. The van der Waals surface area contributed by atoms with Gasteiger partial charge in [-0.3, -0.25) is 13.8 Å². The Balaban J connectivity index is 2.99. The van der Waals surface area contributed by atoms with Gasteiger partial charge in [-0.15, -0.1) is 0 Å². The third-order valence-electron chi connectivity index (χ3n) is 3.83. The van der Waals surface area contributed by atoms with Crippen molar-refractivity contribution in [1.29, 1.82) is 0 Å². The molecule has 0 bridgehead atoms. The van der Waals surface area contributed by atoms with Gasteiger partial charge >= 0.3 is 17.3 Å². The minimum absolute atomic E-state index is 0.0700. The zero-order valence-electron chi connectivity index (χ0n) is 15.9. The van der Waals surface area contributed by atoms with Crippen LogP contribution in [0.15, 0.2) is 0 Å². The van der Waals surface area contributed by atoms with E-state index in [1.165, 1.54) is 0 Å². The monoisotopic (exact) mass is 392 g/mol. The topological polar surface area (TPSA) is 122 Å². The molecule has 1 saturated heterocycles. The Labute approximate surface area is 156 Å². The molecule has 1 rings (SSSR count). The second-order valence-corrected chi connectivity index (χ2v) is 7.99. The number of amides is 2. The van der Waals surface area contributed by atoms with Crippen molar-refractivity contribution in [2.45, 2.75) is 78.3 Å². The highest BCUT2D eigenvalue weighted by Crippen LogP contribution is 2.19. The number of nitrogens with one attached hydrogen (secondary N) is 1. The molecule has 1 unspecified atom stereocenters. The summed E-state index contributed by atoms with van der Waals surface area (Å²) in [6.45, 7) is 11.3. The maximum absolute atomic E-state index is 13.0. The zero-order chi connectivity index (χ0) is 20.2. The number of carbonyl (C=O) groups excluding carboxylic acids is 2. The van der Waals surface area contributed by atoms with E-state index < -0.39 is 41.5 Å². The predicted octanol–water partition coefficient (Wildman–Crippen LogP) is 0.610. The van der Waals surface area contributed by atoms with Gasteiger partial charge in [0, 0.05) is 12.1 Å². The lowest BCUT2D eigenvalue weighted by Gasteiger charge is -2.35. The summed E-state index contributed by atoms with van der Waals surface area (Å²) in [6.07, 6.45) is -2.89. The van der Waals surface area contributed by atoms with Crippen LogP contribution in [0.1, 0.15) is 48.0 Å². The number of hydrogen-bond acceptors (Lipinski definition) is 6. The number of aliphatic carboxylic acids is 1. The fourth-order valence-corrected chi connectivity index (χ4v) is 3.63. The number of rotatable bonds is 8. The molecule has 0 aromatic rings. The molecule has 0 saturated carbocycles. The Morgan fingerprint density at radius 2 is 1.54 bits per heavy atom. The summed E-state index contributed by atoms with van der Waals surface area (Å²) in [4.78, 5) is 38.2. The van der Waals surface area contributed by atoms with Crippen molar-refractivity contribution in [3.63, 3.8) is 0 Å². The Morgan fingerprint density at radius 1 is 1.04 bits per heavy atom. The average Bonchev–Trinajstić information content (AvgIpc) is 2.87. The smallest absolute Gasteiger partial charge is 0.337 e. The average molecular weight is 392 g/mol. The van der Waals surface area contributed by atoms with Gasteiger partial charge in [0.1, 0.15) is 6.04 Å². The highest BCUT2D eigenvalue weighted by atomic mass is 32.2. The van der Waals surface area contributed by atoms with Gasteiger partial charge in [0.05, 0.1) is 0 Å². The molecular weight excluding hydrogens is 364 g/mol. The minimum Gasteiger partial charge on any atom is -0.479 e. The van der Waals surface area contributed by atoms with Crippen LogP contribution < -0.4 is 5.32 Å². The van der Waals surface area contributed by atoms with Crippen molar-refractivity contribution in [3.05, 3.63) is 0 Å². The van der Waals surface area contributed by atoms with E-state index in [2.05, 4.69) is 9.50 Å². The van der Waals surface area contributed by atoms with E-state index in [4.69, 9.17) is 9.29 Å². The molecule has 1 heterocycles. The van der Waals surface area contributed by atoms with Crippen molar-refractivity contribution in [1.82, 2.24) is 10.2 Å². The molecule has 10 heteroatoms. The summed E-state index contributed by atoms with van der Waals surface area (Å²) >= 11 is -2.32. The minimum atomic E-state index is -2.32. The van der Waals surface area contributed by atoms with E-state index in [1.807, 2.05) is 41.5 Å². The van der Waals surface area contributed by atoms with Crippen LogP contribution in [0.3, 0.4) is 0 Å². The highest BCUT2D eigenvalue weighted by Gasteiger charge is 2.46. The molecule has 0 aromatic heterocycles. The van der Waals surface area contributed by atoms with E-state index in [0.717, 1.165) is 0 Å². The maximum atomic E-state index is 13.0. The van der Waals surface area contributed by atoms with Gasteiger partial charge in [-0.2, -0.15) is 4.21 Å². The maximum Gasteiger partial charge on any atom is 0.337 e. The van der Waals surface area contributed by atoms with Crippen LogP contribution in [0.2, 0.25) is 0 Å². The third kappa shape index (κ3) is 5.75. The van der Waals surface area contributed by atoms with Gasteiger partial charge in [0.25, 0.3) is 5.91 Å². The van der Waals surface area contributed by atoms with Crippen molar-refractivity contribution < 1.29 is 32.1 Å². The van der Waals surface area contributed by atoms with Crippen LogP contribution in [0.25, 0.3) is 0 Å². The first-order valence-corrected chi connectivity index (χ1v) is 9.57. The first kappa shape index (κ1) is 22.5. The molecule has 4 atom stereocenters. The summed E-state index contributed by atoms with van der Waals surface area (Å²) in [5.74, 6) is -2.46. The van der Waals surface area contributed by atoms with Crippen molar-refractivity contribution >= 4 is 29.1 Å². The fourth-order valence-electron chi connectivity index (χ4n) is 2.88. The van der Waals surface area contributed by atoms with Crippen molar-refractivity contribution in [2.75, 3.05) is 0 Å². The molecule has 1 aliphatic heterocycles. The summed E-state index contributed by atoms with van der Waals surface area (Å²) in [7, 11) is 0. The lowest BCUT2D eigenvalue weighted by Crippen LogP contribution is -2.56. The van der Waals surface area contributed by atoms with Crippen molar-refractivity contribution in [2.24, 2.45) is 5.92 Å². The molecule has 0 radical (unpaired) electrons. The number of carboxylic acid groups (broad SMARTS) is 1. The van der Waals surface area contributed by atoms with Crippen LogP contribution in [0, 0.1) is 5.92 Å². The number of carboxylic acids is 1. The Bertz CT molecular complexity index is 557. The van der Waals surface area contributed by atoms with Crippen LogP contribution in [0.4, 0.5) is 0 Å². The van der Waals surface area contributed by atoms with Gasteiger partial charge in [-0.05, 0) is 40.0 Å². The number of nitrogens with zero attached hydrogens (tertiary/aromatic N) is 1. The molecule has 0 spiro atoms. The van der Waals surface area contributed by atoms with Gasteiger partial charge in [0.2, 0.25) is 12.0 Å². The lowest BCUT2D eigenvalue weighted by molar-refractivity contribution is -0.150. The Morgan fingerprint density at radius 3 is 1.96 bits per heavy atom. The predicted molar refractivity (Wildman–Crippen MR) is 94.0 cm³/mol. The van der Waals surface area contributed by atoms with E-state index >= 15 is 0 Å². The summed E-state index contributed by atoms with van der Waals surface area (Å²) in [6, 6.07) is -0.988.